The summed E-state index contributed by atoms with van der Waals surface area (Å²) in [4.78, 5) is 14.4. The van der Waals surface area contributed by atoms with Gasteiger partial charge in [0, 0.05) is 12.1 Å². The minimum atomic E-state index is -0.466. The number of anilines is 2. The van der Waals surface area contributed by atoms with Gasteiger partial charge in [-0.15, -0.1) is 0 Å². The van der Waals surface area contributed by atoms with E-state index in [1.807, 2.05) is 18.4 Å². The first kappa shape index (κ1) is 13.3. The highest BCUT2D eigenvalue weighted by molar-refractivity contribution is 7.07. The lowest BCUT2D eigenvalue weighted by atomic mass is 10.1. The number of thiophene rings is 1. The molecule has 0 aliphatic heterocycles. The monoisotopic (exact) mass is 278 g/mol. The number of nitrogens with zero attached hydrogens (tertiary/aromatic N) is 2. The van der Waals surface area contributed by atoms with Gasteiger partial charge in [-0.3, -0.25) is 10.1 Å². The Morgan fingerprint density at radius 1 is 1.53 bits per heavy atom. The summed E-state index contributed by atoms with van der Waals surface area (Å²) in [5, 5.41) is 18.0. The van der Waals surface area contributed by atoms with Crippen LogP contribution in [-0.2, 0) is 6.42 Å². The molecule has 7 heteroatoms. The molecular formula is C12H14N4O2S. The van der Waals surface area contributed by atoms with E-state index in [0.29, 0.717) is 0 Å². The van der Waals surface area contributed by atoms with Gasteiger partial charge in [0.2, 0.25) is 5.82 Å². The second kappa shape index (κ2) is 5.66. The lowest BCUT2D eigenvalue weighted by Gasteiger charge is -2.14. The number of rotatable bonds is 5. The molecule has 0 fully saturated rings. The van der Waals surface area contributed by atoms with Crippen LogP contribution in [0.5, 0.6) is 0 Å². The normalized spacial score (nSPS) is 12.1. The largest absolute Gasteiger partial charge is 0.384 e. The summed E-state index contributed by atoms with van der Waals surface area (Å²) >= 11 is 1.63. The summed E-state index contributed by atoms with van der Waals surface area (Å²) in [5.41, 5.74) is 6.70. The van der Waals surface area contributed by atoms with E-state index in [1.165, 1.54) is 17.7 Å². The van der Waals surface area contributed by atoms with Gasteiger partial charge in [-0.05, 0) is 41.8 Å². The Kier molecular flexibility index (Phi) is 3.96. The van der Waals surface area contributed by atoms with Crippen LogP contribution in [-0.4, -0.2) is 15.9 Å². The third kappa shape index (κ3) is 3.41. The Labute approximate surface area is 114 Å². The van der Waals surface area contributed by atoms with E-state index in [-0.39, 0.29) is 23.4 Å². The molecule has 0 aliphatic rings. The Morgan fingerprint density at radius 2 is 2.32 bits per heavy atom. The van der Waals surface area contributed by atoms with E-state index >= 15 is 0 Å². The van der Waals surface area contributed by atoms with E-state index in [1.54, 1.807) is 11.3 Å². The molecule has 2 aromatic heterocycles. The van der Waals surface area contributed by atoms with E-state index in [0.717, 1.165) is 6.42 Å². The molecule has 100 valence electrons. The first-order valence-corrected chi connectivity index (χ1v) is 6.69. The summed E-state index contributed by atoms with van der Waals surface area (Å²) in [7, 11) is 0. The van der Waals surface area contributed by atoms with Gasteiger partial charge in [0.15, 0.2) is 0 Å². The number of aromatic nitrogens is 1. The van der Waals surface area contributed by atoms with E-state index in [4.69, 9.17) is 5.73 Å². The summed E-state index contributed by atoms with van der Waals surface area (Å²) in [6, 6.07) is 4.85. The zero-order chi connectivity index (χ0) is 13.8. The minimum Gasteiger partial charge on any atom is -0.384 e. The zero-order valence-electron chi connectivity index (χ0n) is 10.4. The minimum absolute atomic E-state index is 0.0302. The second-order valence-electron chi connectivity index (χ2n) is 4.24. The summed E-state index contributed by atoms with van der Waals surface area (Å²) in [5.74, 6) is 0.476. The SMILES string of the molecule is CC(Cc1ccsc1)Nc1nc(N)ccc1[N+](=O)[O-]. The lowest BCUT2D eigenvalue weighted by molar-refractivity contribution is -0.384. The topological polar surface area (TPSA) is 94.1 Å². The van der Waals surface area contributed by atoms with Crippen LogP contribution in [0.3, 0.4) is 0 Å². The smallest absolute Gasteiger partial charge is 0.311 e. The van der Waals surface area contributed by atoms with Crippen molar-refractivity contribution in [2.75, 3.05) is 11.1 Å². The molecule has 2 rings (SSSR count). The van der Waals surface area contributed by atoms with E-state index in [9.17, 15) is 10.1 Å². The van der Waals surface area contributed by atoms with Crippen LogP contribution in [0.25, 0.3) is 0 Å². The predicted octanol–water partition coefficient (Wildman–Crippen LogP) is 2.68. The van der Waals surface area contributed by atoms with Crippen LogP contribution in [0.15, 0.2) is 29.0 Å². The molecule has 0 aliphatic carbocycles. The van der Waals surface area contributed by atoms with Crippen molar-refractivity contribution >= 4 is 28.7 Å². The van der Waals surface area contributed by atoms with Crippen LogP contribution in [0, 0.1) is 10.1 Å². The number of nitrogens with one attached hydrogen (secondary N) is 1. The molecule has 1 unspecified atom stereocenters. The van der Waals surface area contributed by atoms with Crippen molar-refractivity contribution in [2.24, 2.45) is 0 Å². The highest BCUT2D eigenvalue weighted by Gasteiger charge is 2.17. The van der Waals surface area contributed by atoms with Crippen molar-refractivity contribution in [1.29, 1.82) is 0 Å². The highest BCUT2D eigenvalue weighted by Crippen LogP contribution is 2.24. The number of pyridine rings is 1. The molecule has 6 nitrogen and oxygen atoms in total. The van der Waals surface area contributed by atoms with Crippen molar-refractivity contribution in [1.82, 2.24) is 4.98 Å². The van der Waals surface area contributed by atoms with E-state index in [2.05, 4.69) is 15.7 Å². The van der Waals surface area contributed by atoms with Crippen LogP contribution < -0.4 is 11.1 Å². The fourth-order valence-electron chi connectivity index (χ4n) is 1.77. The summed E-state index contributed by atoms with van der Waals surface area (Å²) in [6.07, 6.45) is 0.775. The van der Waals surface area contributed by atoms with Crippen molar-refractivity contribution in [3.8, 4) is 0 Å². The first-order chi connectivity index (χ1) is 9.06. The van der Waals surface area contributed by atoms with Gasteiger partial charge in [-0.2, -0.15) is 11.3 Å². The lowest BCUT2D eigenvalue weighted by Crippen LogP contribution is -2.19. The Morgan fingerprint density at radius 3 is 2.95 bits per heavy atom. The van der Waals surface area contributed by atoms with Crippen molar-refractivity contribution in [2.45, 2.75) is 19.4 Å². The molecule has 0 spiro atoms. The van der Waals surface area contributed by atoms with Gasteiger partial charge in [0.05, 0.1) is 4.92 Å². The highest BCUT2D eigenvalue weighted by atomic mass is 32.1. The van der Waals surface area contributed by atoms with Gasteiger partial charge in [-0.25, -0.2) is 4.98 Å². The fraction of sp³-hybridized carbons (Fsp3) is 0.250. The molecule has 0 radical (unpaired) electrons. The van der Waals surface area contributed by atoms with Crippen molar-refractivity contribution in [3.05, 3.63) is 44.6 Å². The van der Waals surface area contributed by atoms with Crippen molar-refractivity contribution < 1.29 is 4.92 Å². The fourth-order valence-corrected chi connectivity index (χ4v) is 2.45. The second-order valence-corrected chi connectivity index (χ2v) is 5.02. The first-order valence-electron chi connectivity index (χ1n) is 5.75. The molecule has 2 heterocycles. The molecule has 0 saturated carbocycles. The van der Waals surface area contributed by atoms with Gasteiger partial charge in [-0.1, -0.05) is 0 Å². The maximum Gasteiger partial charge on any atom is 0.311 e. The van der Waals surface area contributed by atoms with Crippen LogP contribution in [0.2, 0.25) is 0 Å². The number of hydrogen-bond donors (Lipinski definition) is 2. The Balaban J connectivity index is 2.13. The molecule has 2 aromatic rings. The quantitative estimate of drug-likeness (QED) is 0.647. The third-order valence-electron chi connectivity index (χ3n) is 2.60. The predicted molar refractivity (Wildman–Crippen MR) is 76.4 cm³/mol. The molecule has 0 amide bonds. The maximum absolute atomic E-state index is 10.9. The van der Waals surface area contributed by atoms with Gasteiger partial charge in [0.25, 0.3) is 0 Å². The Hall–Kier alpha value is -2.15. The molecule has 1 atom stereocenters. The maximum atomic E-state index is 10.9. The number of nitro groups is 1. The van der Waals surface area contributed by atoms with Gasteiger partial charge < -0.3 is 11.1 Å². The third-order valence-corrected chi connectivity index (χ3v) is 3.33. The van der Waals surface area contributed by atoms with Crippen LogP contribution in [0.4, 0.5) is 17.3 Å². The van der Waals surface area contributed by atoms with Crippen LogP contribution >= 0.6 is 11.3 Å². The number of nitrogens with two attached hydrogens (primary N) is 1. The zero-order valence-corrected chi connectivity index (χ0v) is 11.2. The van der Waals surface area contributed by atoms with Crippen molar-refractivity contribution in [3.63, 3.8) is 0 Å². The molecule has 3 N–H and O–H groups in total. The number of nitrogen functional groups attached to an aromatic ring is 1. The van der Waals surface area contributed by atoms with Gasteiger partial charge >= 0.3 is 5.69 Å². The number of hydrogen-bond acceptors (Lipinski definition) is 6. The standard InChI is InChI=1S/C12H14N4O2S/c1-8(6-9-4-5-19-7-9)14-12-10(16(17)18)2-3-11(13)15-12/h2-5,7-8H,6H2,1H3,(H3,13,14,15). The molecule has 19 heavy (non-hydrogen) atoms. The molecular weight excluding hydrogens is 264 g/mol. The summed E-state index contributed by atoms with van der Waals surface area (Å²) < 4.78 is 0. The summed E-state index contributed by atoms with van der Waals surface area (Å²) in [6.45, 7) is 1.95. The average molecular weight is 278 g/mol. The average Bonchev–Trinajstić information content (AvgIpc) is 2.81. The van der Waals surface area contributed by atoms with E-state index < -0.39 is 4.92 Å². The van der Waals surface area contributed by atoms with Gasteiger partial charge in [0.1, 0.15) is 5.82 Å². The Bertz CT molecular complexity index is 571. The molecule has 0 aromatic carbocycles. The molecule has 0 saturated heterocycles. The van der Waals surface area contributed by atoms with Crippen LogP contribution in [0.1, 0.15) is 12.5 Å². The molecule has 0 bridgehead atoms.